The fourth-order valence-electron chi connectivity index (χ4n) is 3.36. The third-order valence-corrected chi connectivity index (χ3v) is 4.48. The molecule has 4 atom stereocenters. The number of amides is 1. The summed E-state index contributed by atoms with van der Waals surface area (Å²) in [5, 5.41) is 3.21. The first-order chi connectivity index (χ1) is 9.11. The fraction of sp³-hybridized carbons (Fsp3) is 0.933. The first-order valence-electron chi connectivity index (χ1n) is 7.55. The van der Waals surface area contributed by atoms with Gasteiger partial charge in [-0.2, -0.15) is 0 Å². The number of fused-ring (bicyclic) bond motifs is 1. The Bertz CT molecular complexity index is 306. The van der Waals surface area contributed by atoms with Crippen LogP contribution in [0.5, 0.6) is 0 Å². The lowest BCUT2D eigenvalue weighted by Gasteiger charge is -2.41. The van der Waals surface area contributed by atoms with Crippen LogP contribution in [0.1, 0.15) is 46.0 Å². The second kappa shape index (κ2) is 6.71. The van der Waals surface area contributed by atoms with Gasteiger partial charge in [-0.05, 0) is 25.2 Å². The predicted molar refractivity (Wildman–Crippen MR) is 73.9 cm³/mol. The van der Waals surface area contributed by atoms with Crippen LogP contribution in [-0.4, -0.2) is 37.9 Å². The molecule has 2 fully saturated rings. The molecular weight excluding hydrogens is 242 g/mol. The summed E-state index contributed by atoms with van der Waals surface area (Å²) >= 11 is 0. The summed E-state index contributed by atoms with van der Waals surface area (Å²) in [4.78, 5) is 11.9. The number of hydrogen-bond acceptors (Lipinski definition) is 3. The van der Waals surface area contributed by atoms with Crippen LogP contribution in [0.15, 0.2) is 0 Å². The van der Waals surface area contributed by atoms with E-state index in [9.17, 15) is 4.79 Å². The molecule has 2 rings (SSSR count). The SMILES string of the molecule is COCCC(=O)N[C@@H]1C[C@H](C(C)C)O[C@@H]2CCC[C@@H]12. The summed E-state index contributed by atoms with van der Waals surface area (Å²) in [6.07, 6.45) is 5.61. The summed E-state index contributed by atoms with van der Waals surface area (Å²) in [6, 6.07) is 0.290. The van der Waals surface area contributed by atoms with Crippen LogP contribution in [0.3, 0.4) is 0 Å². The summed E-state index contributed by atoms with van der Waals surface area (Å²) in [5.41, 5.74) is 0. The number of hydrogen-bond donors (Lipinski definition) is 1. The lowest BCUT2D eigenvalue weighted by atomic mass is 9.85. The maximum absolute atomic E-state index is 11.9. The van der Waals surface area contributed by atoms with Gasteiger partial charge in [0.25, 0.3) is 0 Å². The standard InChI is InChI=1S/C15H27NO3/c1-10(2)14-9-12(16-15(17)7-8-18-3)11-5-4-6-13(11)19-14/h10-14H,4-9H2,1-3H3,(H,16,17)/t11-,12+,13+,14+/m0/s1. The number of methoxy groups -OCH3 is 1. The molecule has 4 nitrogen and oxygen atoms in total. The maximum Gasteiger partial charge on any atom is 0.222 e. The molecule has 0 aromatic carbocycles. The zero-order valence-corrected chi connectivity index (χ0v) is 12.4. The third-order valence-electron chi connectivity index (χ3n) is 4.48. The van der Waals surface area contributed by atoms with Crippen molar-refractivity contribution in [2.45, 2.75) is 64.2 Å². The minimum Gasteiger partial charge on any atom is -0.384 e. The van der Waals surface area contributed by atoms with E-state index in [0.717, 1.165) is 12.8 Å². The molecule has 0 unspecified atom stereocenters. The van der Waals surface area contributed by atoms with Crippen molar-refractivity contribution in [2.75, 3.05) is 13.7 Å². The van der Waals surface area contributed by atoms with E-state index in [-0.39, 0.29) is 18.1 Å². The Morgan fingerprint density at radius 1 is 1.42 bits per heavy atom. The minimum absolute atomic E-state index is 0.113. The summed E-state index contributed by atoms with van der Waals surface area (Å²) in [7, 11) is 1.63. The third kappa shape index (κ3) is 3.69. The molecule has 1 saturated heterocycles. The molecule has 1 N–H and O–H groups in total. The number of nitrogens with one attached hydrogen (secondary N) is 1. The fourth-order valence-corrected chi connectivity index (χ4v) is 3.36. The highest BCUT2D eigenvalue weighted by atomic mass is 16.5. The van der Waals surface area contributed by atoms with Gasteiger partial charge in [-0.25, -0.2) is 0 Å². The molecule has 110 valence electrons. The van der Waals surface area contributed by atoms with Crippen molar-refractivity contribution in [3.8, 4) is 0 Å². The van der Waals surface area contributed by atoms with Gasteiger partial charge in [0.05, 0.1) is 18.8 Å². The van der Waals surface area contributed by atoms with Gasteiger partial charge >= 0.3 is 0 Å². The molecular formula is C15H27NO3. The largest absolute Gasteiger partial charge is 0.384 e. The average Bonchev–Trinajstić information content (AvgIpc) is 2.84. The molecule has 4 heteroatoms. The summed E-state index contributed by atoms with van der Waals surface area (Å²) < 4.78 is 11.2. The van der Waals surface area contributed by atoms with E-state index in [2.05, 4.69) is 19.2 Å². The van der Waals surface area contributed by atoms with Crippen LogP contribution < -0.4 is 5.32 Å². The molecule has 0 bridgehead atoms. The Morgan fingerprint density at radius 2 is 2.21 bits per heavy atom. The molecule has 1 amide bonds. The van der Waals surface area contributed by atoms with E-state index in [1.54, 1.807) is 7.11 Å². The number of carbonyl (C=O) groups is 1. The molecule has 0 radical (unpaired) electrons. The lowest BCUT2D eigenvalue weighted by Crippen LogP contribution is -2.51. The predicted octanol–water partition coefficient (Wildman–Crippen LogP) is 2.12. The van der Waals surface area contributed by atoms with Crippen molar-refractivity contribution in [3.05, 3.63) is 0 Å². The first-order valence-corrected chi connectivity index (χ1v) is 7.55. The van der Waals surface area contributed by atoms with Gasteiger partial charge in [0.15, 0.2) is 0 Å². The van der Waals surface area contributed by atoms with Crippen LogP contribution >= 0.6 is 0 Å². The molecule has 1 aliphatic heterocycles. The highest BCUT2D eigenvalue weighted by Crippen LogP contribution is 2.39. The minimum atomic E-state index is 0.113. The second-order valence-corrected chi connectivity index (χ2v) is 6.20. The van der Waals surface area contributed by atoms with Crippen molar-refractivity contribution >= 4 is 5.91 Å². The molecule has 0 aromatic heterocycles. The highest BCUT2D eigenvalue weighted by Gasteiger charge is 2.42. The van der Waals surface area contributed by atoms with Crippen molar-refractivity contribution in [3.63, 3.8) is 0 Å². The lowest BCUT2D eigenvalue weighted by molar-refractivity contribution is -0.129. The number of ether oxygens (including phenoxy) is 2. The molecule has 2 aliphatic rings. The Balaban J connectivity index is 1.94. The van der Waals surface area contributed by atoms with Gasteiger partial charge in [0, 0.05) is 25.5 Å². The van der Waals surface area contributed by atoms with Crippen molar-refractivity contribution in [1.29, 1.82) is 0 Å². The maximum atomic E-state index is 11.9. The van der Waals surface area contributed by atoms with Gasteiger partial charge in [-0.1, -0.05) is 20.3 Å². The van der Waals surface area contributed by atoms with Gasteiger partial charge in [-0.15, -0.1) is 0 Å². The van der Waals surface area contributed by atoms with Crippen molar-refractivity contribution < 1.29 is 14.3 Å². The van der Waals surface area contributed by atoms with Crippen molar-refractivity contribution in [2.24, 2.45) is 11.8 Å². The molecule has 0 spiro atoms. The van der Waals surface area contributed by atoms with E-state index >= 15 is 0 Å². The number of carbonyl (C=O) groups excluding carboxylic acids is 1. The Kier molecular flexibility index (Phi) is 5.22. The Labute approximate surface area is 116 Å². The Hall–Kier alpha value is -0.610. The zero-order chi connectivity index (χ0) is 13.8. The molecule has 1 aliphatic carbocycles. The monoisotopic (exact) mass is 269 g/mol. The summed E-state index contributed by atoms with van der Waals surface area (Å²) in [5.74, 6) is 1.14. The average molecular weight is 269 g/mol. The van der Waals surface area contributed by atoms with Crippen LogP contribution in [0.25, 0.3) is 0 Å². The highest BCUT2D eigenvalue weighted by molar-refractivity contribution is 5.76. The molecule has 1 saturated carbocycles. The van der Waals surface area contributed by atoms with E-state index in [4.69, 9.17) is 9.47 Å². The quantitative estimate of drug-likeness (QED) is 0.831. The Morgan fingerprint density at radius 3 is 2.89 bits per heavy atom. The van der Waals surface area contributed by atoms with Crippen LogP contribution in [0.4, 0.5) is 0 Å². The van der Waals surface area contributed by atoms with Crippen LogP contribution in [-0.2, 0) is 14.3 Å². The van der Waals surface area contributed by atoms with Gasteiger partial charge < -0.3 is 14.8 Å². The van der Waals surface area contributed by atoms with Gasteiger partial charge in [0.1, 0.15) is 0 Å². The first kappa shape index (κ1) is 14.8. The van der Waals surface area contributed by atoms with E-state index in [1.165, 1.54) is 12.8 Å². The topological polar surface area (TPSA) is 47.6 Å². The van der Waals surface area contributed by atoms with E-state index in [1.807, 2.05) is 0 Å². The van der Waals surface area contributed by atoms with Crippen LogP contribution in [0, 0.1) is 11.8 Å². The summed E-state index contributed by atoms with van der Waals surface area (Å²) in [6.45, 7) is 4.89. The van der Waals surface area contributed by atoms with Crippen LogP contribution in [0.2, 0.25) is 0 Å². The normalized spacial score (nSPS) is 34.3. The smallest absolute Gasteiger partial charge is 0.222 e. The molecule has 0 aromatic rings. The molecule has 1 heterocycles. The van der Waals surface area contributed by atoms with Crippen molar-refractivity contribution in [1.82, 2.24) is 5.32 Å². The molecule has 19 heavy (non-hydrogen) atoms. The van der Waals surface area contributed by atoms with Gasteiger partial charge in [0.2, 0.25) is 5.91 Å². The number of rotatable bonds is 5. The van der Waals surface area contributed by atoms with E-state index in [0.29, 0.717) is 31.0 Å². The zero-order valence-electron chi connectivity index (χ0n) is 12.4. The van der Waals surface area contributed by atoms with Gasteiger partial charge in [-0.3, -0.25) is 4.79 Å². The second-order valence-electron chi connectivity index (χ2n) is 6.20. The van der Waals surface area contributed by atoms with E-state index < -0.39 is 0 Å².